The summed E-state index contributed by atoms with van der Waals surface area (Å²) in [5.41, 5.74) is 0. The van der Waals surface area contributed by atoms with Crippen LogP contribution in [0, 0.1) is 0 Å². The zero-order valence-electron chi connectivity index (χ0n) is 5.68. The van der Waals surface area contributed by atoms with Crippen molar-refractivity contribution in [2.75, 3.05) is 0 Å². The Hall–Kier alpha value is -0.0800. The quantitative estimate of drug-likeness (QED) is 0.525. The van der Waals surface area contributed by atoms with Crippen molar-refractivity contribution < 1.29 is 4.74 Å². The van der Waals surface area contributed by atoms with Crippen molar-refractivity contribution >= 4 is 0 Å². The normalized spacial score (nSPS) is 36.8. The fraction of sp³-hybridized carbons (Fsp3) is 1.00. The van der Waals surface area contributed by atoms with Crippen molar-refractivity contribution in [3.05, 3.63) is 0 Å². The van der Waals surface area contributed by atoms with E-state index in [9.17, 15) is 0 Å². The molecule has 0 spiro atoms. The third-order valence-corrected chi connectivity index (χ3v) is 1.44. The SMILES string of the molecule is C[C@@H]1CC[C@H](C)O1.N. The maximum Gasteiger partial charge on any atom is 0.0551 e. The molecule has 0 unspecified atom stereocenters. The standard InChI is InChI=1S/C6H12O.H3N/c1-5-3-4-6(2)7-5;/h5-6H,3-4H2,1-2H3;1H3/t5-,6+;. The molecule has 3 N–H and O–H groups in total. The van der Waals surface area contributed by atoms with Crippen molar-refractivity contribution in [2.24, 2.45) is 0 Å². The molecule has 0 aromatic heterocycles. The molecule has 2 atom stereocenters. The summed E-state index contributed by atoms with van der Waals surface area (Å²) in [5, 5.41) is 0. The summed E-state index contributed by atoms with van der Waals surface area (Å²) in [7, 11) is 0. The van der Waals surface area contributed by atoms with E-state index >= 15 is 0 Å². The van der Waals surface area contributed by atoms with Crippen LogP contribution >= 0.6 is 0 Å². The van der Waals surface area contributed by atoms with Gasteiger partial charge in [0.25, 0.3) is 0 Å². The molecular formula is C6H15NO. The molecule has 0 saturated carbocycles. The lowest BCUT2D eigenvalue weighted by molar-refractivity contribution is 0.0673. The molecule has 2 nitrogen and oxygen atoms in total. The van der Waals surface area contributed by atoms with Gasteiger partial charge in [-0.15, -0.1) is 0 Å². The second kappa shape index (κ2) is 3.05. The first-order valence-corrected chi connectivity index (χ1v) is 2.94. The molecule has 1 aliphatic heterocycles. The summed E-state index contributed by atoms with van der Waals surface area (Å²) < 4.78 is 5.36. The van der Waals surface area contributed by atoms with Gasteiger partial charge in [-0.3, -0.25) is 0 Å². The van der Waals surface area contributed by atoms with Gasteiger partial charge in [0.2, 0.25) is 0 Å². The van der Waals surface area contributed by atoms with Crippen LogP contribution in [0.5, 0.6) is 0 Å². The minimum atomic E-state index is 0. The van der Waals surface area contributed by atoms with Crippen LogP contribution in [0.3, 0.4) is 0 Å². The van der Waals surface area contributed by atoms with Gasteiger partial charge in [0.05, 0.1) is 12.2 Å². The van der Waals surface area contributed by atoms with Gasteiger partial charge in [0.1, 0.15) is 0 Å². The van der Waals surface area contributed by atoms with E-state index in [0.29, 0.717) is 12.2 Å². The molecule has 0 radical (unpaired) electrons. The fourth-order valence-electron chi connectivity index (χ4n) is 1.00. The largest absolute Gasteiger partial charge is 0.376 e. The second-order valence-electron chi connectivity index (χ2n) is 2.33. The Kier molecular flexibility index (Phi) is 3.02. The van der Waals surface area contributed by atoms with Crippen molar-refractivity contribution in [1.29, 1.82) is 0 Å². The number of hydrogen-bond donors (Lipinski definition) is 1. The van der Waals surface area contributed by atoms with Gasteiger partial charge >= 0.3 is 0 Å². The summed E-state index contributed by atoms with van der Waals surface area (Å²) in [6.45, 7) is 4.26. The average Bonchev–Trinajstić information content (AvgIpc) is 1.87. The Bertz CT molecular complexity index is 57.5. The zero-order chi connectivity index (χ0) is 5.28. The van der Waals surface area contributed by atoms with Crippen molar-refractivity contribution in [2.45, 2.75) is 38.9 Å². The molecule has 8 heavy (non-hydrogen) atoms. The van der Waals surface area contributed by atoms with Gasteiger partial charge in [-0.1, -0.05) is 0 Å². The summed E-state index contributed by atoms with van der Waals surface area (Å²) in [6.07, 6.45) is 3.55. The van der Waals surface area contributed by atoms with Gasteiger partial charge in [0, 0.05) is 0 Å². The molecule has 0 aromatic carbocycles. The van der Waals surface area contributed by atoms with Crippen LogP contribution in [0.25, 0.3) is 0 Å². The van der Waals surface area contributed by atoms with E-state index in [4.69, 9.17) is 4.74 Å². The molecule has 0 aliphatic carbocycles. The minimum Gasteiger partial charge on any atom is -0.376 e. The first-order chi connectivity index (χ1) is 3.29. The predicted molar refractivity (Wildman–Crippen MR) is 34.3 cm³/mol. The van der Waals surface area contributed by atoms with E-state index in [-0.39, 0.29) is 6.15 Å². The van der Waals surface area contributed by atoms with Gasteiger partial charge in [0.15, 0.2) is 0 Å². The first kappa shape index (κ1) is 7.92. The Balaban J connectivity index is 0.000000490. The molecule has 0 aromatic rings. The lowest BCUT2D eigenvalue weighted by atomic mass is 10.2. The molecule has 2 heteroatoms. The van der Waals surface area contributed by atoms with E-state index in [0.717, 1.165) is 0 Å². The monoisotopic (exact) mass is 117 g/mol. The van der Waals surface area contributed by atoms with E-state index < -0.39 is 0 Å². The predicted octanol–water partition coefficient (Wildman–Crippen LogP) is 1.74. The lowest BCUT2D eigenvalue weighted by Gasteiger charge is -2.01. The lowest BCUT2D eigenvalue weighted by Crippen LogP contribution is -2.01. The Morgan fingerprint density at radius 1 is 1.12 bits per heavy atom. The highest BCUT2D eigenvalue weighted by molar-refractivity contribution is 4.64. The zero-order valence-corrected chi connectivity index (χ0v) is 5.68. The first-order valence-electron chi connectivity index (χ1n) is 2.94. The number of hydrogen-bond acceptors (Lipinski definition) is 2. The Labute approximate surface area is 50.8 Å². The number of ether oxygens (including phenoxy) is 1. The summed E-state index contributed by atoms with van der Waals surface area (Å²) >= 11 is 0. The van der Waals surface area contributed by atoms with E-state index in [1.807, 2.05) is 0 Å². The van der Waals surface area contributed by atoms with Gasteiger partial charge in [-0.2, -0.15) is 0 Å². The van der Waals surface area contributed by atoms with Crippen LogP contribution < -0.4 is 6.15 Å². The third kappa shape index (κ3) is 1.80. The van der Waals surface area contributed by atoms with Crippen LogP contribution in [0.15, 0.2) is 0 Å². The van der Waals surface area contributed by atoms with Gasteiger partial charge in [-0.05, 0) is 26.7 Å². The van der Waals surface area contributed by atoms with Crippen molar-refractivity contribution in [3.8, 4) is 0 Å². The third-order valence-electron chi connectivity index (χ3n) is 1.44. The minimum absolute atomic E-state index is 0. The smallest absolute Gasteiger partial charge is 0.0551 e. The van der Waals surface area contributed by atoms with E-state index in [1.165, 1.54) is 12.8 Å². The molecule has 0 bridgehead atoms. The molecule has 1 aliphatic rings. The maximum atomic E-state index is 5.36. The Morgan fingerprint density at radius 2 is 1.50 bits per heavy atom. The van der Waals surface area contributed by atoms with Crippen molar-refractivity contribution in [3.63, 3.8) is 0 Å². The molecule has 50 valence electrons. The van der Waals surface area contributed by atoms with E-state index in [2.05, 4.69) is 13.8 Å². The van der Waals surface area contributed by atoms with Crippen LogP contribution in [0.4, 0.5) is 0 Å². The molecule has 0 amide bonds. The van der Waals surface area contributed by atoms with Crippen LogP contribution in [-0.2, 0) is 4.74 Å². The number of rotatable bonds is 0. The summed E-state index contributed by atoms with van der Waals surface area (Å²) in [6, 6.07) is 0. The summed E-state index contributed by atoms with van der Waals surface area (Å²) in [4.78, 5) is 0. The van der Waals surface area contributed by atoms with Crippen LogP contribution in [0.2, 0.25) is 0 Å². The highest BCUT2D eigenvalue weighted by Crippen LogP contribution is 2.17. The molecule has 1 heterocycles. The van der Waals surface area contributed by atoms with Crippen molar-refractivity contribution in [1.82, 2.24) is 6.15 Å². The molecular weight excluding hydrogens is 102 g/mol. The molecule has 1 saturated heterocycles. The highest BCUT2D eigenvalue weighted by Gasteiger charge is 2.16. The highest BCUT2D eigenvalue weighted by atomic mass is 16.5. The fourth-order valence-corrected chi connectivity index (χ4v) is 1.00. The molecule has 1 fully saturated rings. The van der Waals surface area contributed by atoms with E-state index in [1.54, 1.807) is 0 Å². The van der Waals surface area contributed by atoms with Gasteiger partial charge in [-0.25, -0.2) is 0 Å². The Morgan fingerprint density at radius 3 is 1.62 bits per heavy atom. The summed E-state index contributed by atoms with van der Waals surface area (Å²) in [5.74, 6) is 0. The van der Waals surface area contributed by atoms with Gasteiger partial charge < -0.3 is 10.9 Å². The second-order valence-corrected chi connectivity index (χ2v) is 2.33. The molecule has 1 rings (SSSR count). The topological polar surface area (TPSA) is 44.2 Å². The average molecular weight is 117 g/mol. The van der Waals surface area contributed by atoms with Crippen LogP contribution in [0.1, 0.15) is 26.7 Å². The maximum absolute atomic E-state index is 5.36. The van der Waals surface area contributed by atoms with Crippen LogP contribution in [-0.4, -0.2) is 12.2 Å².